The Morgan fingerprint density at radius 3 is 1.22 bits per heavy atom. The molecule has 0 bridgehead atoms. The number of thiophene rings is 1. The zero-order valence-electron chi connectivity index (χ0n) is 29.8. The summed E-state index contributed by atoms with van der Waals surface area (Å²) in [6, 6.07) is 66.3. The number of aromatic nitrogens is 2. The van der Waals surface area contributed by atoms with Crippen molar-refractivity contribution >= 4 is 64.1 Å². The number of rotatable bonds is 5. The van der Waals surface area contributed by atoms with Crippen LogP contribution in [0.3, 0.4) is 0 Å². The third-order valence-electron chi connectivity index (χ3n) is 10.9. The molecular weight excluding hydrogens is 685 g/mol. The van der Waals surface area contributed by atoms with Crippen molar-refractivity contribution in [3.05, 3.63) is 194 Å². The van der Waals surface area contributed by atoms with E-state index < -0.39 is 0 Å². The van der Waals surface area contributed by atoms with E-state index >= 15 is 0 Å². The van der Waals surface area contributed by atoms with Crippen LogP contribution in [0.5, 0.6) is 0 Å². The van der Waals surface area contributed by atoms with Crippen LogP contribution >= 0.6 is 11.3 Å². The van der Waals surface area contributed by atoms with Crippen LogP contribution < -0.4 is 0 Å². The van der Waals surface area contributed by atoms with Crippen molar-refractivity contribution in [2.75, 3.05) is 0 Å². The number of hydrogen-bond donors (Lipinski definition) is 0. The van der Waals surface area contributed by atoms with Gasteiger partial charge in [-0.15, -0.1) is 11.3 Å². The fourth-order valence-electron chi connectivity index (χ4n) is 8.27. The summed E-state index contributed by atoms with van der Waals surface area (Å²) in [7, 11) is 0. The third kappa shape index (κ3) is 5.32. The SMILES string of the molecule is c1ccc(-c2cc(-c3ccccc3)c3sc4c(-c5ccccc5)cc(-c5ccc(-c6ccc7c(c6)c6ccccc6c6nccnc76)cc5)cc4c3c2)cc1. The molecule has 9 aromatic carbocycles. The molecule has 0 aliphatic rings. The summed E-state index contributed by atoms with van der Waals surface area (Å²) in [5, 5.41) is 7.21. The molecule has 0 aliphatic heterocycles. The standard InChI is InChI=1S/C52H32N2S/c1-4-12-33(13-5-1)39-29-44(36-14-6-2-7-15-36)51-47(31-39)48-32-40(30-45(52(48)55-51)37-16-8-3-9-17-37)35-22-20-34(21-23-35)38-24-25-43-46(28-38)41-18-10-11-19-42(41)49-50(43)54-27-26-53-49/h1-32H. The molecule has 11 aromatic rings. The van der Waals surface area contributed by atoms with Crippen molar-refractivity contribution in [2.45, 2.75) is 0 Å². The zero-order valence-corrected chi connectivity index (χ0v) is 30.6. The lowest BCUT2D eigenvalue weighted by Gasteiger charge is -2.12. The van der Waals surface area contributed by atoms with Crippen LogP contribution in [-0.2, 0) is 0 Å². The third-order valence-corrected chi connectivity index (χ3v) is 12.2. The summed E-state index contributed by atoms with van der Waals surface area (Å²) in [6.45, 7) is 0. The zero-order chi connectivity index (χ0) is 36.3. The van der Waals surface area contributed by atoms with E-state index in [0.29, 0.717) is 0 Å². The highest BCUT2D eigenvalue weighted by Gasteiger charge is 2.18. The molecule has 55 heavy (non-hydrogen) atoms. The lowest BCUT2D eigenvalue weighted by atomic mass is 9.92. The molecule has 0 unspecified atom stereocenters. The first-order valence-electron chi connectivity index (χ1n) is 18.6. The van der Waals surface area contributed by atoms with E-state index in [1.165, 1.54) is 86.6 Å². The van der Waals surface area contributed by atoms with Gasteiger partial charge in [0.2, 0.25) is 0 Å². The van der Waals surface area contributed by atoms with Crippen LogP contribution in [0, 0.1) is 0 Å². The topological polar surface area (TPSA) is 25.8 Å². The van der Waals surface area contributed by atoms with Crippen molar-refractivity contribution in [1.29, 1.82) is 0 Å². The predicted octanol–water partition coefficient (Wildman–Crippen LogP) is 14.6. The van der Waals surface area contributed by atoms with Gasteiger partial charge in [0.1, 0.15) is 0 Å². The Morgan fingerprint density at radius 2 is 0.673 bits per heavy atom. The summed E-state index contributed by atoms with van der Waals surface area (Å²) >= 11 is 1.91. The van der Waals surface area contributed by atoms with Gasteiger partial charge in [-0.05, 0) is 85.6 Å². The number of hydrogen-bond acceptors (Lipinski definition) is 3. The van der Waals surface area contributed by atoms with Gasteiger partial charge in [-0.1, -0.05) is 152 Å². The lowest BCUT2D eigenvalue weighted by Crippen LogP contribution is -1.89. The molecule has 3 heteroatoms. The van der Waals surface area contributed by atoms with Gasteiger partial charge >= 0.3 is 0 Å². The lowest BCUT2D eigenvalue weighted by molar-refractivity contribution is 1.31. The molecule has 0 spiro atoms. The Balaban J connectivity index is 1.09. The van der Waals surface area contributed by atoms with E-state index in [0.717, 1.165) is 21.8 Å². The predicted molar refractivity (Wildman–Crippen MR) is 235 cm³/mol. The molecular formula is C52H32N2S. The molecule has 11 rings (SSSR count). The Bertz CT molecular complexity index is 3190. The first-order chi connectivity index (χ1) is 27.3. The fourth-order valence-corrected chi connectivity index (χ4v) is 9.61. The molecule has 2 aromatic heterocycles. The molecule has 0 saturated carbocycles. The molecule has 0 atom stereocenters. The Morgan fingerprint density at radius 1 is 0.273 bits per heavy atom. The van der Waals surface area contributed by atoms with Crippen LogP contribution in [-0.4, -0.2) is 9.97 Å². The molecule has 0 saturated heterocycles. The first-order valence-corrected chi connectivity index (χ1v) is 19.4. The van der Waals surface area contributed by atoms with Crippen LogP contribution in [0.4, 0.5) is 0 Å². The van der Waals surface area contributed by atoms with Crippen LogP contribution in [0.15, 0.2) is 194 Å². The van der Waals surface area contributed by atoms with Gasteiger partial charge < -0.3 is 0 Å². The molecule has 2 heterocycles. The second-order valence-corrected chi connectivity index (χ2v) is 15.2. The van der Waals surface area contributed by atoms with E-state index in [1.807, 2.05) is 11.3 Å². The van der Waals surface area contributed by atoms with E-state index in [2.05, 4.69) is 182 Å². The maximum absolute atomic E-state index is 4.75. The van der Waals surface area contributed by atoms with Crippen LogP contribution in [0.2, 0.25) is 0 Å². The maximum Gasteiger partial charge on any atom is 0.0971 e. The minimum atomic E-state index is 0.940. The second kappa shape index (κ2) is 12.9. The Labute approximate surface area is 322 Å². The van der Waals surface area contributed by atoms with Crippen molar-refractivity contribution in [3.8, 4) is 55.6 Å². The molecule has 256 valence electrons. The molecule has 0 radical (unpaired) electrons. The molecule has 0 amide bonds. The summed E-state index contributed by atoms with van der Waals surface area (Å²) in [5.41, 5.74) is 14.1. The van der Waals surface area contributed by atoms with Crippen molar-refractivity contribution in [2.24, 2.45) is 0 Å². The van der Waals surface area contributed by atoms with Gasteiger partial charge in [0, 0.05) is 54.5 Å². The van der Waals surface area contributed by atoms with E-state index in [9.17, 15) is 0 Å². The maximum atomic E-state index is 4.75. The largest absolute Gasteiger partial charge is 0.252 e. The minimum Gasteiger partial charge on any atom is -0.252 e. The fraction of sp³-hybridized carbons (Fsp3) is 0. The molecule has 0 N–H and O–H groups in total. The van der Waals surface area contributed by atoms with Crippen molar-refractivity contribution in [3.63, 3.8) is 0 Å². The number of nitrogens with zero attached hydrogens (tertiary/aromatic N) is 2. The highest BCUT2D eigenvalue weighted by atomic mass is 32.1. The summed E-state index contributed by atoms with van der Waals surface area (Å²) in [5.74, 6) is 0. The van der Waals surface area contributed by atoms with Crippen molar-refractivity contribution in [1.82, 2.24) is 9.97 Å². The van der Waals surface area contributed by atoms with Crippen LogP contribution in [0.1, 0.15) is 0 Å². The smallest absolute Gasteiger partial charge is 0.0971 e. The van der Waals surface area contributed by atoms with Gasteiger partial charge in [-0.3, -0.25) is 9.97 Å². The number of benzene rings is 9. The van der Waals surface area contributed by atoms with E-state index in [1.54, 1.807) is 12.4 Å². The Hall–Kier alpha value is -6.94. The average Bonchev–Trinajstić information content (AvgIpc) is 3.65. The van der Waals surface area contributed by atoms with Gasteiger partial charge in [0.25, 0.3) is 0 Å². The average molecular weight is 717 g/mol. The summed E-state index contributed by atoms with van der Waals surface area (Å²) in [4.78, 5) is 9.46. The van der Waals surface area contributed by atoms with E-state index in [4.69, 9.17) is 9.97 Å². The molecule has 0 fully saturated rings. The minimum absolute atomic E-state index is 0.940. The molecule has 2 nitrogen and oxygen atoms in total. The summed E-state index contributed by atoms with van der Waals surface area (Å²) in [6.07, 6.45) is 3.56. The first kappa shape index (κ1) is 31.6. The quantitative estimate of drug-likeness (QED) is 0.166. The Kier molecular flexibility index (Phi) is 7.39. The molecule has 0 aliphatic carbocycles. The monoisotopic (exact) mass is 716 g/mol. The van der Waals surface area contributed by atoms with Crippen molar-refractivity contribution < 1.29 is 0 Å². The van der Waals surface area contributed by atoms with Gasteiger partial charge in [0.05, 0.1) is 11.0 Å². The van der Waals surface area contributed by atoms with Gasteiger partial charge in [-0.25, -0.2) is 0 Å². The normalized spacial score (nSPS) is 11.6. The van der Waals surface area contributed by atoms with Gasteiger partial charge in [-0.2, -0.15) is 0 Å². The van der Waals surface area contributed by atoms with E-state index in [-0.39, 0.29) is 0 Å². The highest BCUT2D eigenvalue weighted by molar-refractivity contribution is 7.27. The van der Waals surface area contributed by atoms with Crippen LogP contribution in [0.25, 0.3) is 108 Å². The second-order valence-electron chi connectivity index (χ2n) is 14.1. The highest BCUT2D eigenvalue weighted by Crippen LogP contribution is 2.47. The number of fused-ring (bicyclic) bond motifs is 9. The van der Waals surface area contributed by atoms with Gasteiger partial charge in [0.15, 0.2) is 0 Å². The summed E-state index contributed by atoms with van der Waals surface area (Å²) < 4.78 is 2.62.